The normalized spacial score (nSPS) is 12.0. The fraction of sp³-hybridized carbons (Fsp3) is 0.286. The van der Waals surface area contributed by atoms with Crippen LogP contribution in [-0.4, -0.2) is 27.0 Å². The summed E-state index contributed by atoms with van der Waals surface area (Å²) in [7, 11) is 0. The van der Waals surface area contributed by atoms with Crippen molar-refractivity contribution in [3.05, 3.63) is 45.2 Å². The number of nitrogens with one attached hydrogen (secondary N) is 1. The first-order valence-electron chi connectivity index (χ1n) is 6.33. The van der Waals surface area contributed by atoms with Gasteiger partial charge in [0.25, 0.3) is 5.91 Å². The van der Waals surface area contributed by atoms with E-state index in [1.165, 1.54) is 29.5 Å². The zero-order valence-corrected chi connectivity index (χ0v) is 12.7. The molecule has 0 spiro atoms. The third-order valence-corrected chi connectivity index (χ3v) is 4.14. The van der Waals surface area contributed by atoms with E-state index in [9.17, 15) is 9.59 Å². The van der Waals surface area contributed by atoms with Gasteiger partial charge in [0, 0.05) is 4.88 Å². The number of carbonyl (C=O) groups is 2. The lowest BCUT2D eigenvalue weighted by atomic mass is 10.2. The zero-order chi connectivity index (χ0) is 15.6. The molecule has 0 radical (unpaired) electrons. The number of hydrogen-bond acceptors (Lipinski definition) is 5. The number of aromatic nitrogens is 2. The molecular formula is C14H15N3O3S. The molecule has 21 heavy (non-hydrogen) atoms. The Bertz CT molecular complexity index is 697. The van der Waals surface area contributed by atoms with Crippen LogP contribution in [0.5, 0.6) is 0 Å². The highest BCUT2D eigenvalue weighted by Gasteiger charge is 2.17. The molecule has 2 heterocycles. The van der Waals surface area contributed by atoms with Gasteiger partial charge in [-0.25, -0.2) is 14.8 Å². The molecule has 1 unspecified atom stereocenters. The molecule has 0 saturated carbocycles. The van der Waals surface area contributed by atoms with Crippen LogP contribution in [0.2, 0.25) is 0 Å². The second kappa shape index (κ2) is 6.01. The molecule has 0 aliphatic heterocycles. The van der Waals surface area contributed by atoms with Crippen LogP contribution in [-0.2, 0) is 0 Å². The Morgan fingerprint density at radius 3 is 2.48 bits per heavy atom. The van der Waals surface area contributed by atoms with Crippen LogP contribution in [0.4, 0.5) is 0 Å². The number of nitrogens with zero attached hydrogens (tertiary/aromatic N) is 2. The zero-order valence-electron chi connectivity index (χ0n) is 11.9. The molecule has 110 valence electrons. The third-order valence-electron chi connectivity index (χ3n) is 2.88. The molecule has 1 amide bonds. The van der Waals surface area contributed by atoms with E-state index in [-0.39, 0.29) is 17.4 Å². The molecule has 0 bridgehead atoms. The van der Waals surface area contributed by atoms with Crippen molar-refractivity contribution in [2.45, 2.75) is 26.8 Å². The maximum atomic E-state index is 12.1. The fourth-order valence-corrected chi connectivity index (χ4v) is 2.90. The lowest BCUT2D eigenvalue weighted by Gasteiger charge is -2.12. The number of rotatable bonds is 4. The summed E-state index contributed by atoms with van der Waals surface area (Å²) in [5.74, 6) is -1.57. The number of hydrogen-bond donors (Lipinski definition) is 2. The molecule has 7 heteroatoms. The first-order chi connectivity index (χ1) is 9.88. The standard InChI is InChI=1S/C14H15N3O3S/c1-7-12(21-9(3)15-7)8(2)16-13(18)10-5-4-6-11(17-10)14(19)20/h4-6,8H,1-3H3,(H,16,18)(H,19,20). The molecule has 2 aromatic heterocycles. The summed E-state index contributed by atoms with van der Waals surface area (Å²) < 4.78 is 0. The first-order valence-corrected chi connectivity index (χ1v) is 7.15. The van der Waals surface area contributed by atoms with E-state index in [1.807, 2.05) is 20.8 Å². The molecule has 0 aliphatic carbocycles. The SMILES string of the molecule is Cc1nc(C)c(C(C)NC(=O)c2cccc(C(=O)O)n2)s1. The van der Waals surface area contributed by atoms with Crippen LogP contribution in [0.3, 0.4) is 0 Å². The molecule has 0 saturated heterocycles. The predicted molar refractivity (Wildman–Crippen MR) is 78.7 cm³/mol. The predicted octanol–water partition coefficient (Wildman–Crippen LogP) is 2.34. The minimum absolute atomic E-state index is 0.0839. The number of carboxylic acids is 1. The van der Waals surface area contributed by atoms with Crippen molar-refractivity contribution >= 4 is 23.2 Å². The number of thiazole rings is 1. The molecule has 1 atom stereocenters. The highest BCUT2D eigenvalue weighted by molar-refractivity contribution is 7.11. The summed E-state index contributed by atoms with van der Waals surface area (Å²) in [6.07, 6.45) is 0. The maximum absolute atomic E-state index is 12.1. The minimum Gasteiger partial charge on any atom is -0.477 e. The Morgan fingerprint density at radius 1 is 1.24 bits per heavy atom. The van der Waals surface area contributed by atoms with Gasteiger partial charge in [-0.2, -0.15) is 0 Å². The summed E-state index contributed by atoms with van der Waals surface area (Å²) in [6, 6.07) is 4.12. The Kier molecular flexibility index (Phi) is 4.32. The van der Waals surface area contributed by atoms with Gasteiger partial charge < -0.3 is 10.4 Å². The van der Waals surface area contributed by atoms with Gasteiger partial charge in [0.2, 0.25) is 0 Å². The van der Waals surface area contributed by atoms with Crippen molar-refractivity contribution in [1.82, 2.24) is 15.3 Å². The van der Waals surface area contributed by atoms with Gasteiger partial charge in [0.15, 0.2) is 0 Å². The fourth-order valence-electron chi connectivity index (χ4n) is 1.97. The molecule has 2 N–H and O–H groups in total. The smallest absolute Gasteiger partial charge is 0.354 e. The largest absolute Gasteiger partial charge is 0.477 e. The van der Waals surface area contributed by atoms with Crippen LogP contribution >= 0.6 is 11.3 Å². The van der Waals surface area contributed by atoms with E-state index in [0.717, 1.165) is 15.6 Å². The summed E-state index contributed by atoms with van der Waals surface area (Å²) >= 11 is 1.53. The van der Waals surface area contributed by atoms with E-state index in [0.29, 0.717) is 0 Å². The summed E-state index contributed by atoms with van der Waals surface area (Å²) in [5, 5.41) is 12.6. The van der Waals surface area contributed by atoms with Gasteiger partial charge in [-0.3, -0.25) is 4.79 Å². The number of aromatic carboxylic acids is 1. The number of carbonyl (C=O) groups excluding carboxylic acids is 1. The average molecular weight is 305 g/mol. The lowest BCUT2D eigenvalue weighted by molar-refractivity contribution is 0.0690. The second-order valence-corrected chi connectivity index (χ2v) is 5.83. The van der Waals surface area contributed by atoms with Crippen molar-refractivity contribution in [2.24, 2.45) is 0 Å². The Balaban J connectivity index is 2.16. The molecular weight excluding hydrogens is 290 g/mol. The third kappa shape index (κ3) is 3.43. The van der Waals surface area contributed by atoms with Crippen LogP contribution in [0.15, 0.2) is 18.2 Å². The van der Waals surface area contributed by atoms with Crippen molar-refractivity contribution in [3.63, 3.8) is 0 Å². The molecule has 2 rings (SSSR count). The van der Waals surface area contributed by atoms with Gasteiger partial charge in [-0.1, -0.05) is 6.07 Å². The van der Waals surface area contributed by atoms with E-state index in [2.05, 4.69) is 15.3 Å². The summed E-state index contributed by atoms with van der Waals surface area (Å²) in [6.45, 7) is 5.66. The van der Waals surface area contributed by atoms with Crippen molar-refractivity contribution < 1.29 is 14.7 Å². The average Bonchev–Trinajstić information content (AvgIpc) is 2.77. The Hall–Kier alpha value is -2.28. The minimum atomic E-state index is -1.16. The molecule has 0 aromatic carbocycles. The van der Waals surface area contributed by atoms with Crippen LogP contribution < -0.4 is 5.32 Å². The number of pyridine rings is 1. The van der Waals surface area contributed by atoms with E-state index >= 15 is 0 Å². The first kappa shape index (κ1) is 15.1. The van der Waals surface area contributed by atoms with Gasteiger partial charge >= 0.3 is 5.97 Å². The molecule has 6 nitrogen and oxygen atoms in total. The summed E-state index contributed by atoms with van der Waals surface area (Å²) in [5.41, 5.74) is 0.818. The molecule has 0 aliphatic rings. The van der Waals surface area contributed by atoms with Crippen molar-refractivity contribution in [3.8, 4) is 0 Å². The molecule has 2 aromatic rings. The van der Waals surface area contributed by atoms with E-state index in [1.54, 1.807) is 0 Å². The van der Waals surface area contributed by atoms with Gasteiger partial charge in [0.1, 0.15) is 11.4 Å². The molecule has 0 fully saturated rings. The van der Waals surface area contributed by atoms with E-state index in [4.69, 9.17) is 5.11 Å². The maximum Gasteiger partial charge on any atom is 0.354 e. The highest BCUT2D eigenvalue weighted by atomic mass is 32.1. The van der Waals surface area contributed by atoms with Crippen LogP contribution in [0.25, 0.3) is 0 Å². The van der Waals surface area contributed by atoms with Crippen LogP contribution in [0, 0.1) is 13.8 Å². The van der Waals surface area contributed by atoms with Gasteiger partial charge in [0.05, 0.1) is 16.7 Å². The van der Waals surface area contributed by atoms with Crippen LogP contribution in [0.1, 0.15) is 49.5 Å². The second-order valence-electron chi connectivity index (χ2n) is 4.59. The summed E-state index contributed by atoms with van der Waals surface area (Å²) in [4.78, 5) is 32.1. The number of carboxylic acid groups (broad SMARTS) is 1. The van der Waals surface area contributed by atoms with Crippen molar-refractivity contribution in [1.29, 1.82) is 0 Å². The number of amides is 1. The monoisotopic (exact) mass is 305 g/mol. The Labute approximate surface area is 125 Å². The number of aryl methyl sites for hydroxylation is 2. The quantitative estimate of drug-likeness (QED) is 0.904. The lowest BCUT2D eigenvalue weighted by Crippen LogP contribution is -2.27. The highest BCUT2D eigenvalue weighted by Crippen LogP contribution is 2.24. The topological polar surface area (TPSA) is 92.2 Å². The van der Waals surface area contributed by atoms with Gasteiger partial charge in [-0.05, 0) is 32.9 Å². The van der Waals surface area contributed by atoms with Gasteiger partial charge in [-0.15, -0.1) is 11.3 Å². The van der Waals surface area contributed by atoms with Crippen molar-refractivity contribution in [2.75, 3.05) is 0 Å². The Morgan fingerprint density at radius 2 is 1.90 bits per heavy atom. The van der Waals surface area contributed by atoms with E-state index < -0.39 is 11.9 Å².